The quantitative estimate of drug-likeness (QED) is 0.0854. The molecule has 196 valence electrons. The van der Waals surface area contributed by atoms with E-state index < -0.39 is 33.3 Å². The maximum Gasteiger partial charge on any atom is 0.198 e. The summed E-state index contributed by atoms with van der Waals surface area (Å²) in [4.78, 5) is 22.5. The van der Waals surface area contributed by atoms with E-state index in [-0.39, 0.29) is 11.6 Å². The third-order valence-corrected chi connectivity index (χ3v) is 20.1. The molecule has 0 fully saturated rings. The van der Waals surface area contributed by atoms with E-state index in [1.165, 1.54) is 37.9 Å². The van der Waals surface area contributed by atoms with Crippen molar-refractivity contribution in [2.45, 2.75) is 116 Å². The van der Waals surface area contributed by atoms with Crippen LogP contribution < -0.4 is 0 Å². The average Bonchev–Trinajstić information content (AvgIpc) is 2.58. The Kier molecular flexibility index (Phi) is 13.4. The SMILES string of the molecule is CC(=O)C(=O)CCCC[N+](C)(C)CCCC[Si](C)(C)O[Si](C)(C)CC[Si](C)(C)O[Si](C)(C)C. The smallest absolute Gasteiger partial charge is 0.198 e. The lowest BCUT2D eigenvalue weighted by molar-refractivity contribution is -0.890. The molecule has 0 heterocycles. The average molecular weight is 535 g/mol. The lowest BCUT2D eigenvalue weighted by Gasteiger charge is -2.37. The van der Waals surface area contributed by atoms with Gasteiger partial charge in [-0.1, -0.05) is 0 Å². The third kappa shape index (κ3) is 18.1. The number of Topliss-reactive ketones (excluding diaryl/α,β-unsaturated/α-hetero) is 2. The van der Waals surface area contributed by atoms with E-state index >= 15 is 0 Å². The minimum Gasteiger partial charge on any atom is -0.456 e. The molecule has 33 heavy (non-hydrogen) atoms. The minimum absolute atomic E-state index is 0.228. The molecule has 0 saturated carbocycles. The second kappa shape index (κ2) is 13.4. The van der Waals surface area contributed by atoms with Crippen molar-refractivity contribution in [2.24, 2.45) is 0 Å². The van der Waals surface area contributed by atoms with Crippen molar-refractivity contribution < 1.29 is 22.3 Å². The van der Waals surface area contributed by atoms with Crippen molar-refractivity contribution in [2.75, 3.05) is 27.2 Å². The Morgan fingerprint density at radius 3 is 1.52 bits per heavy atom. The highest BCUT2D eigenvalue weighted by Gasteiger charge is 2.36. The van der Waals surface area contributed by atoms with Crippen molar-refractivity contribution in [1.82, 2.24) is 0 Å². The van der Waals surface area contributed by atoms with Crippen molar-refractivity contribution in [3.8, 4) is 0 Å². The van der Waals surface area contributed by atoms with Gasteiger partial charge < -0.3 is 12.7 Å². The second-order valence-electron chi connectivity index (χ2n) is 13.4. The Hall–Kier alpha value is 0.0875. The van der Waals surface area contributed by atoms with Crippen molar-refractivity contribution in [3.05, 3.63) is 0 Å². The van der Waals surface area contributed by atoms with E-state index in [0.717, 1.165) is 30.4 Å². The first-order chi connectivity index (χ1) is 14.7. The molecule has 0 aliphatic rings. The van der Waals surface area contributed by atoms with Gasteiger partial charge in [-0.25, -0.2) is 0 Å². The molecular formula is C24H56NO4Si4+. The number of hydrogen-bond donors (Lipinski definition) is 0. The van der Waals surface area contributed by atoms with Gasteiger partial charge in [0.2, 0.25) is 0 Å². The molecule has 0 spiro atoms. The van der Waals surface area contributed by atoms with Crippen LogP contribution in [0, 0.1) is 0 Å². The Bertz CT molecular complexity index is 628. The highest BCUT2D eigenvalue weighted by molar-refractivity contribution is 6.87. The van der Waals surface area contributed by atoms with Crippen LogP contribution in [0.2, 0.25) is 77.1 Å². The highest BCUT2D eigenvalue weighted by atomic mass is 28.4. The van der Waals surface area contributed by atoms with Crippen LogP contribution in [0.5, 0.6) is 0 Å². The first-order valence-corrected chi connectivity index (χ1v) is 25.7. The summed E-state index contributed by atoms with van der Waals surface area (Å²) in [5.41, 5.74) is 0. The van der Waals surface area contributed by atoms with Gasteiger partial charge in [-0.2, -0.15) is 0 Å². The van der Waals surface area contributed by atoms with Gasteiger partial charge in [0.15, 0.2) is 44.8 Å². The summed E-state index contributed by atoms with van der Waals surface area (Å²) in [6.45, 7) is 24.8. The summed E-state index contributed by atoms with van der Waals surface area (Å²) in [5.74, 6) is -0.539. The molecule has 0 aromatic rings. The zero-order chi connectivity index (χ0) is 26.1. The summed E-state index contributed by atoms with van der Waals surface area (Å²) in [6.07, 6.45) is 4.65. The van der Waals surface area contributed by atoms with E-state index in [4.69, 9.17) is 8.23 Å². The molecule has 0 rings (SSSR count). The van der Waals surface area contributed by atoms with Crippen LogP contribution in [0.15, 0.2) is 0 Å². The van der Waals surface area contributed by atoms with Gasteiger partial charge >= 0.3 is 0 Å². The summed E-state index contributed by atoms with van der Waals surface area (Å²) in [7, 11) is -1.89. The Morgan fingerprint density at radius 2 is 1.06 bits per heavy atom. The molecular weight excluding hydrogens is 479 g/mol. The normalized spacial score (nSPS) is 13.9. The molecule has 0 unspecified atom stereocenters. The standard InChI is InChI=1S/C24H56NO4Si4/c1-23(26)24(27)17-13-14-18-25(2,3)19-15-16-20-31(7,8)29-33(11,12)22-21-32(9,10)28-30(4,5)6/h13-22H2,1-12H3/q+1. The summed E-state index contributed by atoms with van der Waals surface area (Å²) >= 11 is 0. The molecule has 0 amide bonds. The summed E-state index contributed by atoms with van der Waals surface area (Å²) in [5, 5.41) is 0. The Balaban J connectivity index is 4.37. The molecule has 0 atom stereocenters. The number of unbranched alkanes of at least 4 members (excludes halogenated alkanes) is 2. The molecule has 9 heteroatoms. The summed E-state index contributed by atoms with van der Waals surface area (Å²) in [6, 6.07) is 3.65. The maximum atomic E-state index is 11.5. The molecule has 0 aromatic heterocycles. The van der Waals surface area contributed by atoms with Crippen LogP contribution in [0.25, 0.3) is 0 Å². The van der Waals surface area contributed by atoms with E-state index in [2.05, 4.69) is 73.0 Å². The zero-order valence-electron chi connectivity index (χ0n) is 24.2. The fourth-order valence-electron chi connectivity index (χ4n) is 4.54. The highest BCUT2D eigenvalue weighted by Crippen LogP contribution is 2.29. The number of rotatable bonds is 18. The fourth-order valence-corrected chi connectivity index (χ4v) is 24.3. The lowest BCUT2D eigenvalue weighted by Crippen LogP contribution is -2.47. The van der Waals surface area contributed by atoms with Gasteiger partial charge in [-0.05, 0) is 103 Å². The predicted octanol–water partition coefficient (Wildman–Crippen LogP) is 6.65. The maximum absolute atomic E-state index is 11.5. The molecule has 0 N–H and O–H groups in total. The van der Waals surface area contributed by atoms with Crippen molar-refractivity contribution in [1.29, 1.82) is 0 Å². The van der Waals surface area contributed by atoms with E-state index in [1.807, 2.05) is 0 Å². The van der Waals surface area contributed by atoms with Gasteiger partial charge in [0.1, 0.15) is 0 Å². The minimum atomic E-state index is -1.68. The number of ketones is 2. The summed E-state index contributed by atoms with van der Waals surface area (Å²) < 4.78 is 14.4. The van der Waals surface area contributed by atoms with Crippen LogP contribution in [0.1, 0.15) is 39.0 Å². The van der Waals surface area contributed by atoms with Crippen molar-refractivity contribution >= 4 is 44.8 Å². The number of carbonyl (C=O) groups is 2. The number of quaternary nitrogens is 1. The first-order valence-electron chi connectivity index (χ1n) is 12.9. The van der Waals surface area contributed by atoms with Crippen LogP contribution in [-0.4, -0.2) is 76.5 Å². The van der Waals surface area contributed by atoms with E-state index in [1.54, 1.807) is 0 Å². The van der Waals surface area contributed by atoms with Gasteiger partial charge in [-0.15, -0.1) is 0 Å². The molecule has 0 aliphatic heterocycles. The second-order valence-corrected chi connectivity index (χ2v) is 31.3. The first kappa shape index (κ1) is 33.1. The molecule has 0 saturated heterocycles. The largest absolute Gasteiger partial charge is 0.456 e. The van der Waals surface area contributed by atoms with Crippen LogP contribution >= 0.6 is 0 Å². The molecule has 0 aromatic carbocycles. The number of hydrogen-bond acceptors (Lipinski definition) is 4. The third-order valence-electron chi connectivity index (χ3n) is 6.07. The van der Waals surface area contributed by atoms with E-state index in [9.17, 15) is 9.59 Å². The molecule has 5 nitrogen and oxygen atoms in total. The van der Waals surface area contributed by atoms with Gasteiger partial charge in [0, 0.05) is 13.3 Å². The Morgan fingerprint density at radius 1 is 0.636 bits per heavy atom. The topological polar surface area (TPSA) is 52.6 Å². The Labute approximate surface area is 210 Å². The number of carbonyl (C=O) groups excluding carboxylic acids is 2. The monoisotopic (exact) mass is 534 g/mol. The van der Waals surface area contributed by atoms with Crippen LogP contribution in [0.3, 0.4) is 0 Å². The fraction of sp³-hybridized carbons (Fsp3) is 0.917. The predicted molar refractivity (Wildman–Crippen MR) is 153 cm³/mol. The van der Waals surface area contributed by atoms with Gasteiger partial charge in [0.05, 0.1) is 27.2 Å². The van der Waals surface area contributed by atoms with Crippen LogP contribution in [0.4, 0.5) is 0 Å². The van der Waals surface area contributed by atoms with Gasteiger partial charge in [0.25, 0.3) is 0 Å². The zero-order valence-corrected chi connectivity index (χ0v) is 28.2. The van der Waals surface area contributed by atoms with E-state index in [0.29, 0.717) is 6.42 Å². The molecule has 0 aliphatic carbocycles. The van der Waals surface area contributed by atoms with Crippen LogP contribution in [-0.2, 0) is 17.8 Å². The molecule has 0 radical (unpaired) electrons. The number of nitrogens with zero attached hydrogens (tertiary/aromatic N) is 1. The molecule has 0 bridgehead atoms. The van der Waals surface area contributed by atoms with Gasteiger partial charge in [-0.3, -0.25) is 9.59 Å². The lowest BCUT2D eigenvalue weighted by atomic mass is 10.1. The van der Waals surface area contributed by atoms with Crippen molar-refractivity contribution in [3.63, 3.8) is 0 Å².